The van der Waals surface area contributed by atoms with Gasteiger partial charge in [-0.05, 0) is 25.0 Å². The van der Waals surface area contributed by atoms with Crippen LogP contribution in [0.4, 0.5) is 10.1 Å². The number of halogens is 1. The molecule has 0 bridgehead atoms. The number of aliphatic carboxylic acids is 1. The van der Waals surface area contributed by atoms with E-state index in [9.17, 15) is 19.1 Å². The average Bonchev–Trinajstić information content (AvgIpc) is 2.87. The summed E-state index contributed by atoms with van der Waals surface area (Å²) in [6, 6.07) is 4.06. The van der Waals surface area contributed by atoms with Crippen molar-refractivity contribution in [1.29, 1.82) is 0 Å². The van der Waals surface area contributed by atoms with Crippen molar-refractivity contribution in [2.24, 2.45) is 5.92 Å². The number of fused-ring (bicyclic) bond motifs is 1. The highest BCUT2D eigenvalue weighted by Gasteiger charge is 2.46. The maximum Gasteiger partial charge on any atom is 0.306 e. The zero-order valence-electron chi connectivity index (χ0n) is 11.8. The third-order valence-corrected chi connectivity index (χ3v) is 4.37. The number of carboxylic acids is 1. The molecule has 1 unspecified atom stereocenters. The van der Waals surface area contributed by atoms with E-state index in [2.05, 4.69) is 10.6 Å². The van der Waals surface area contributed by atoms with Crippen molar-refractivity contribution in [3.05, 3.63) is 29.6 Å². The molecule has 0 saturated heterocycles. The Labute approximate surface area is 126 Å². The summed E-state index contributed by atoms with van der Waals surface area (Å²) >= 11 is 0. The first-order valence-corrected chi connectivity index (χ1v) is 7.15. The fourth-order valence-corrected chi connectivity index (χ4v) is 3.05. The standard InChI is InChI=1S/C15H17FN2O4/c16-10-2-1-3-11-9(10)4-12(18-11)13(19)17-7-15(22)5-8(6-15)14(20)21/h1-3,8,12,18,22H,4-7H2,(H,17,19)(H,20,21). The third kappa shape index (κ3) is 2.64. The lowest BCUT2D eigenvalue weighted by molar-refractivity contribution is -0.158. The van der Waals surface area contributed by atoms with Gasteiger partial charge in [0.15, 0.2) is 0 Å². The van der Waals surface area contributed by atoms with Gasteiger partial charge in [0.25, 0.3) is 0 Å². The summed E-state index contributed by atoms with van der Waals surface area (Å²) in [5.74, 6) is -2.16. The van der Waals surface area contributed by atoms with E-state index in [1.54, 1.807) is 12.1 Å². The highest BCUT2D eigenvalue weighted by molar-refractivity contribution is 5.87. The summed E-state index contributed by atoms with van der Waals surface area (Å²) in [6.07, 6.45) is 0.523. The fraction of sp³-hybridized carbons (Fsp3) is 0.467. The Hall–Kier alpha value is -2.15. The van der Waals surface area contributed by atoms with Crippen molar-refractivity contribution >= 4 is 17.6 Å². The number of benzene rings is 1. The molecule has 1 saturated carbocycles. The van der Waals surface area contributed by atoms with Crippen molar-refractivity contribution < 1.29 is 24.2 Å². The Balaban J connectivity index is 1.52. The summed E-state index contributed by atoms with van der Waals surface area (Å²) < 4.78 is 13.6. The van der Waals surface area contributed by atoms with Crippen LogP contribution in [0.2, 0.25) is 0 Å². The molecule has 1 aromatic rings. The summed E-state index contributed by atoms with van der Waals surface area (Å²) in [6.45, 7) is 0.00657. The monoisotopic (exact) mass is 308 g/mol. The van der Waals surface area contributed by atoms with E-state index in [4.69, 9.17) is 5.11 Å². The smallest absolute Gasteiger partial charge is 0.306 e. The van der Waals surface area contributed by atoms with Crippen molar-refractivity contribution in [2.45, 2.75) is 30.9 Å². The average molecular weight is 308 g/mol. The molecule has 0 aromatic heterocycles. The van der Waals surface area contributed by atoms with Crippen molar-refractivity contribution in [2.75, 3.05) is 11.9 Å². The van der Waals surface area contributed by atoms with Crippen molar-refractivity contribution in [1.82, 2.24) is 5.32 Å². The first-order chi connectivity index (χ1) is 10.4. The molecule has 0 radical (unpaired) electrons. The summed E-state index contributed by atoms with van der Waals surface area (Å²) in [5, 5.41) is 24.4. The lowest BCUT2D eigenvalue weighted by Gasteiger charge is -2.41. The highest BCUT2D eigenvalue weighted by atomic mass is 19.1. The van der Waals surface area contributed by atoms with Crippen molar-refractivity contribution in [3.63, 3.8) is 0 Å². The molecule has 1 fully saturated rings. The summed E-state index contributed by atoms with van der Waals surface area (Å²) in [4.78, 5) is 22.8. The number of carbonyl (C=O) groups excluding carboxylic acids is 1. The van der Waals surface area contributed by atoms with Gasteiger partial charge in [0.2, 0.25) is 5.91 Å². The van der Waals surface area contributed by atoms with Gasteiger partial charge < -0.3 is 20.8 Å². The Morgan fingerprint density at radius 3 is 2.77 bits per heavy atom. The normalized spacial score (nSPS) is 29.2. The number of hydrogen-bond donors (Lipinski definition) is 4. The second kappa shape index (κ2) is 5.24. The molecule has 1 aliphatic carbocycles. The summed E-state index contributed by atoms with van der Waals surface area (Å²) in [5.41, 5.74) is -0.0699. The molecule has 1 atom stereocenters. The zero-order valence-corrected chi connectivity index (χ0v) is 11.8. The predicted octanol–water partition coefficient (Wildman–Crippen LogP) is 0.504. The number of amides is 1. The molecule has 3 rings (SSSR count). The van der Waals surface area contributed by atoms with Crippen LogP contribution in [-0.4, -0.2) is 40.3 Å². The largest absolute Gasteiger partial charge is 0.481 e. The van der Waals surface area contributed by atoms with E-state index in [1.807, 2.05) is 0 Å². The molecule has 2 aliphatic rings. The Bertz CT molecular complexity index is 628. The number of hydrogen-bond acceptors (Lipinski definition) is 4. The highest BCUT2D eigenvalue weighted by Crippen LogP contribution is 2.37. The van der Waals surface area contributed by atoms with Gasteiger partial charge in [0, 0.05) is 24.2 Å². The Morgan fingerprint density at radius 2 is 2.14 bits per heavy atom. The molecule has 7 heteroatoms. The van der Waals surface area contributed by atoms with Crippen LogP contribution in [0.1, 0.15) is 18.4 Å². The van der Waals surface area contributed by atoms with Gasteiger partial charge in [0.1, 0.15) is 11.9 Å². The van der Waals surface area contributed by atoms with Crippen LogP contribution >= 0.6 is 0 Å². The molecule has 4 N–H and O–H groups in total. The molecule has 1 heterocycles. The summed E-state index contributed by atoms with van der Waals surface area (Å²) in [7, 11) is 0. The minimum atomic E-state index is -1.16. The quantitative estimate of drug-likeness (QED) is 0.649. The van der Waals surface area contributed by atoms with Crippen molar-refractivity contribution in [3.8, 4) is 0 Å². The third-order valence-electron chi connectivity index (χ3n) is 4.37. The van der Waals surface area contributed by atoms with Crippen LogP contribution in [0, 0.1) is 11.7 Å². The van der Waals surface area contributed by atoms with E-state index >= 15 is 0 Å². The lowest BCUT2D eigenvalue weighted by atomic mass is 9.71. The number of nitrogens with one attached hydrogen (secondary N) is 2. The minimum Gasteiger partial charge on any atom is -0.481 e. The SMILES string of the molecule is O=C(O)C1CC(O)(CNC(=O)C2Cc3c(F)cccc3N2)C1. The van der Waals surface area contributed by atoms with E-state index in [0.717, 1.165) is 0 Å². The molecule has 118 valence electrons. The van der Waals surface area contributed by atoms with Gasteiger partial charge in [-0.15, -0.1) is 0 Å². The second-order valence-corrected chi connectivity index (χ2v) is 6.05. The van der Waals surface area contributed by atoms with Crippen LogP contribution in [0.25, 0.3) is 0 Å². The maximum atomic E-state index is 13.6. The number of carboxylic acid groups (broad SMARTS) is 1. The Morgan fingerprint density at radius 1 is 1.41 bits per heavy atom. The van der Waals surface area contributed by atoms with Gasteiger partial charge >= 0.3 is 5.97 Å². The van der Waals surface area contributed by atoms with Gasteiger partial charge in [0.05, 0.1) is 11.5 Å². The molecular weight excluding hydrogens is 291 g/mol. The zero-order chi connectivity index (χ0) is 15.9. The van der Waals surface area contributed by atoms with E-state index in [-0.39, 0.29) is 37.5 Å². The number of anilines is 1. The topological polar surface area (TPSA) is 98.7 Å². The maximum absolute atomic E-state index is 13.6. The predicted molar refractivity (Wildman–Crippen MR) is 75.8 cm³/mol. The number of carbonyl (C=O) groups is 2. The van der Waals surface area contributed by atoms with Crippen LogP contribution in [-0.2, 0) is 16.0 Å². The van der Waals surface area contributed by atoms with Gasteiger partial charge in [-0.1, -0.05) is 6.07 Å². The van der Waals surface area contributed by atoms with Crippen LogP contribution in [0.5, 0.6) is 0 Å². The van der Waals surface area contributed by atoms with Gasteiger partial charge in [-0.2, -0.15) is 0 Å². The number of aliphatic hydroxyl groups is 1. The van der Waals surface area contributed by atoms with E-state index < -0.39 is 23.5 Å². The fourth-order valence-electron chi connectivity index (χ4n) is 3.05. The molecule has 1 aliphatic heterocycles. The van der Waals surface area contributed by atoms with E-state index in [1.165, 1.54) is 6.07 Å². The molecular formula is C15H17FN2O4. The number of rotatable bonds is 4. The van der Waals surface area contributed by atoms with Crippen LogP contribution in [0.3, 0.4) is 0 Å². The second-order valence-electron chi connectivity index (χ2n) is 6.05. The van der Waals surface area contributed by atoms with Gasteiger partial charge in [-0.3, -0.25) is 9.59 Å². The first kappa shape index (κ1) is 14.8. The first-order valence-electron chi connectivity index (χ1n) is 7.15. The molecule has 1 aromatic carbocycles. The minimum absolute atomic E-state index is 0.00657. The lowest BCUT2D eigenvalue weighted by Crippen LogP contribution is -2.55. The van der Waals surface area contributed by atoms with Crippen LogP contribution in [0.15, 0.2) is 18.2 Å². The molecule has 0 spiro atoms. The molecule has 6 nitrogen and oxygen atoms in total. The molecule has 1 amide bonds. The van der Waals surface area contributed by atoms with Gasteiger partial charge in [-0.25, -0.2) is 4.39 Å². The van der Waals surface area contributed by atoms with E-state index in [0.29, 0.717) is 11.3 Å². The van der Waals surface area contributed by atoms with Crippen LogP contribution < -0.4 is 10.6 Å². The molecule has 22 heavy (non-hydrogen) atoms. The Kier molecular flexibility index (Phi) is 3.52.